The average molecular weight is 336 g/mol. The van der Waals surface area contributed by atoms with Crippen molar-refractivity contribution in [3.63, 3.8) is 0 Å². The maximum absolute atomic E-state index is 11.3. The Morgan fingerprint density at radius 3 is 2.91 bits per heavy atom. The minimum atomic E-state index is -0.694. The maximum Gasteiger partial charge on any atom is 0.310 e. The number of halogens is 1. The van der Waals surface area contributed by atoms with Crippen LogP contribution in [0, 0.1) is 5.41 Å². The third-order valence-electron chi connectivity index (χ3n) is 4.22. The number of carboxylic acids is 1. The van der Waals surface area contributed by atoms with Gasteiger partial charge in [0.05, 0.1) is 5.41 Å². The molecule has 0 saturated carbocycles. The Morgan fingerprint density at radius 2 is 2.23 bits per heavy atom. The zero-order chi connectivity index (χ0) is 15.7. The zero-order valence-electron chi connectivity index (χ0n) is 12.4. The number of hydrogen-bond acceptors (Lipinski definition) is 3. The largest absolute Gasteiger partial charge is 0.481 e. The predicted molar refractivity (Wildman–Crippen MR) is 90.4 cm³/mol. The number of carbonyl (C=O) groups is 1. The van der Waals surface area contributed by atoms with Crippen LogP contribution in [0.1, 0.15) is 18.2 Å². The number of hydrogen-bond donors (Lipinski definition) is 1. The second kappa shape index (κ2) is 6.03. The van der Waals surface area contributed by atoms with Crippen LogP contribution in [0.4, 0.5) is 0 Å². The van der Waals surface area contributed by atoms with Crippen LogP contribution in [0.2, 0.25) is 5.02 Å². The van der Waals surface area contributed by atoms with Gasteiger partial charge in [-0.25, -0.2) is 0 Å². The molecule has 116 valence electrons. The van der Waals surface area contributed by atoms with Gasteiger partial charge >= 0.3 is 5.97 Å². The number of rotatable bonds is 4. The first-order valence-corrected chi connectivity index (χ1v) is 8.46. The highest BCUT2D eigenvalue weighted by Crippen LogP contribution is 2.34. The van der Waals surface area contributed by atoms with Crippen molar-refractivity contribution < 1.29 is 9.90 Å². The lowest BCUT2D eigenvalue weighted by atomic mass is 9.90. The van der Waals surface area contributed by atoms with Crippen LogP contribution in [-0.2, 0) is 11.3 Å². The Balaban J connectivity index is 1.69. The molecule has 1 fully saturated rings. The van der Waals surface area contributed by atoms with Crippen LogP contribution >= 0.6 is 22.9 Å². The van der Waals surface area contributed by atoms with Crippen molar-refractivity contribution >= 4 is 28.9 Å². The molecule has 1 aliphatic rings. The number of aliphatic carboxylic acids is 1. The summed E-state index contributed by atoms with van der Waals surface area (Å²) >= 11 is 7.78. The molecule has 1 atom stereocenters. The van der Waals surface area contributed by atoms with Crippen LogP contribution < -0.4 is 0 Å². The van der Waals surface area contributed by atoms with Gasteiger partial charge in [0.15, 0.2) is 0 Å². The molecule has 2 heterocycles. The van der Waals surface area contributed by atoms with Gasteiger partial charge < -0.3 is 5.11 Å². The van der Waals surface area contributed by atoms with E-state index in [9.17, 15) is 9.90 Å². The number of nitrogens with zero attached hydrogens (tertiary/aromatic N) is 1. The molecule has 1 aromatic carbocycles. The highest BCUT2D eigenvalue weighted by Gasteiger charge is 2.40. The molecule has 3 nitrogen and oxygen atoms in total. The van der Waals surface area contributed by atoms with Crippen LogP contribution in [-0.4, -0.2) is 29.1 Å². The van der Waals surface area contributed by atoms with Gasteiger partial charge in [-0.15, -0.1) is 11.3 Å². The molecule has 3 rings (SSSR count). The smallest absolute Gasteiger partial charge is 0.310 e. The topological polar surface area (TPSA) is 40.5 Å². The SMILES string of the molecule is CC1(C(=O)O)CCN(Cc2ccc(-c3cccc(Cl)c3)s2)C1. The monoisotopic (exact) mass is 335 g/mol. The molecule has 0 bridgehead atoms. The number of likely N-dealkylation sites (tertiary alicyclic amines) is 1. The minimum absolute atomic E-state index is 0.604. The Bertz CT molecular complexity index is 699. The van der Waals surface area contributed by atoms with Crippen molar-refractivity contribution in [2.24, 2.45) is 5.41 Å². The number of benzene rings is 1. The van der Waals surface area contributed by atoms with Crippen molar-refractivity contribution in [1.29, 1.82) is 0 Å². The second-order valence-electron chi connectivity index (χ2n) is 6.10. The van der Waals surface area contributed by atoms with Gasteiger partial charge in [0.2, 0.25) is 0 Å². The van der Waals surface area contributed by atoms with Crippen molar-refractivity contribution in [2.45, 2.75) is 19.9 Å². The number of thiophene rings is 1. The summed E-state index contributed by atoms with van der Waals surface area (Å²) in [5, 5.41) is 10.0. The lowest BCUT2D eigenvalue weighted by Gasteiger charge is -2.19. The van der Waals surface area contributed by atoms with E-state index >= 15 is 0 Å². The van der Waals surface area contributed by atoms with E-state index in [-0.39, 0.29) is 0 Å². The van der Waals surface area contributed by atoms with Crippen molar-refractivity contribution in [1.82, 2.24) is 4.90 Å². The van der Waals surface area contributed by atoms with E-state index in [4.69, 9.17) is 11.6 Å². The van der Waals surface area contributed by atoms with Crippen LogP contribution in [0.25, 0.3) is 10.4 Å². The summed E-state index contributed by atoms with van der Waals surface area (Å²) in [6, 6.07) is 12.1. The molecule has 1 unspecified atom stereocenters. The van der Waals surface area contributed by atoms with E-state index in [1.54, 1.807) is 11.3 Å². The minimum Gasteiger partial charge on any atom is -0.481 e. The summed E-state index contributed by atoms with van der Waals surface area (Å²) in [5.74, 6) is -0.694. The van der Waals surface area contributed by atoms with Crippen LogP contribution in [0.15, 0.2) is 36.4 Å². The van der Waals surface area contributed by atoms with E-state index in [0.29, 0.717) is 6.54 Å². The normalized spacial score (nSPS) is 22.1. The van der Waals surface area contributed by atoms with Gasteiger partial charge in [-0.05, 0) is 49.7 Å². The Hall–Kier alpha value is -1.36. The zero-order valence-corrected chi connectivity index (χ0v) is 14.0. The molecule has 1 N–H and O–H groups in total. The molecule has 0 spiro atoms. The molecule has 1 aromatic heterocycles. The van der Waals surface area contributed by atoms with E-state index in [2.05, 4.69) is 23.1 Å². The molecule has 5 heteroatoms. The Kier molecular flexibility index (Phi) is 4.26. The summed E-state index contributed by atoms with van der Waals surface area (Å²) in [4.78, 5) is 16.0. The lowest BCUT2D eigenvalue weighted by Crippen LogP contribution is -2.31. The summed E-state index contributed by atoms with van der Waals surface area (Å²) in [5.41, 5.74) is 0.521. The van der Waals surface area contributed by atoms with E-state index in [1.165, 1.54) is 9.75 Å². The average Bonchev–Trinajstić information content (AvgIpc) is 3.07. The summed E-state index contributed by atoms with van der Waals surface area (Å²) < 4.78 is 0. The highest BCUT2D eigenvalue weighted by molar-refractivity contribution is 7.15. The van der Waals surface area contributed by atoms with Gasteiger partial charge in [0.25, 0.3) is 0 Å². The first-order chi connectivity index (χ1) is 10.5. The fraction of sp³-hybridized carbons (Fsp3) is 0.353. The lowest BCUT2D eigenvalue weighted by molar-refractivity contribution is -0.147. The third-order valence-corrected chi connectivity index (χ3v) is 5.57. The molecule has 2 aromatic rings. The maximum atomic E-state index is 11.3. The molecule has 0 amide bonds. The molecule has 0 aliphatic carbocycles. The third kappa shape index (κ3) is 3.19. The Labute approximate surface area is 139 Å². The van der Waals surface area contributed by atoms with Gasteiger partial charge in [-0.1, -0.05) is 23.7 Å². The van der Waals surface area contributed by atoms with Crippen molar-refractivity contribution in [3.8, 4) is 10.4 Å². The van der Waals surface area contributed by atoms with Gasteiger partial charge in [0.1, 0.15) is 0 Å². The van der Waals surface area contributed by atoms with E-state index < -0.39 is 11.4 Å². The molecule has 1 aliphatic heterocycles. The predicted octanol–water partition coefficient (Wildman–Crippen LogP) is 4.37. The Morgan fingerprint density at radius 1 is 1.41 bits per heavy atom. The van der Waals surface area contributed by atoms with Crippen molar-refractivity contribution in [3.05, 3.63) is 46.3 Å². The van der Waals surface area contributed by atoms with Crippen LogP contribution in [0.3, 0.4) is 0 Å². The second-order valence-corrected chi connectivity index (χ2v) is 7.71. The van der Waals surface area contributed by atoms with Gasteiger partial charge in [-0.2, -0.15) is 0 Å². The summed E-state index contributed by atoms with van der Waals surface area (Å²) in [6.45, 7) is 4.11. The first kappa shape index (κ1) is 15.5. The van der Waals surface area contributed by atoms with Gasteiger partial charge in [0, 0.05) is 27.9 Å². The number of carboxylic acid groups (broad SMARTS) is 1. The van der Waals surface area contributed by atoms with Crippen LogP contribution in [0.5, 0.6) is 0 Å². The first-order valence-electron chi connectivity index (χ1n) is 7.27. The summed E-state index contributed by atoms with van der Waals surface area (Å²) in [7, 11) is 0. The standard InChI is InChI=1S/C17H18ClNO2S/c1-17(16(20)21)7-8-19(11-17)10-14-5-6-15(22-14)12-3-2-4-13(18)9-12/h2-6,9H,7-8,10-11H2,1H3,(H,20,21). The van der Waals surface area contributed by atoms with Gasteiger partial charge in [-0.3, -0.25) is 9.69 Å². The molecular weight excluding hydrogens is 318 g/mol. The van der Waals surface area contributed by atoms with E-state index in [1.807, 2.05) is 25.1 Å². The van der Waals surface area contributed by atoms with E-state index in [0.717, 1.165) is 30.1 Å². The molecule has 1 saturated heterocycles. The summed E-state index contributed by atoms with van der Waals surface area (Å²) in [6.07, 6.45) is 0.717. The van der Waals surface area contributed by atoms with Crippen molar-refractivity contribution in [2.75, 3.05) is 13.1 Å². The molecule has 0 radical (unpaired) electrons. The quantitative estimate of drug-likeness (QED) is 0.902. The fourth-order valence-corrected chi connectivity index (χ4v) is 4.08. The fourth-order valence-electron chi connectivity index (χ4n) is 2.85. The molecule has 22 heavy (non-hydrogen) atoms. The molecular formula is C17H18ClNO2S. The highest BCUT2D eigenvalue weighted by atomic mass is 35.5.